The summed E-state index contributed by atoms with van der Waals surface area (Å²) in [6.45, 7) is 0.761. The summed E-state index contributed by atoms with van der Waals surface area (Å²) in [6.07, 6.45) is -0.162. The molecule has 0 aromatic heterocycles. The molecule has 1 atom stereocenters. The van der Waals surface area contributed by atoms with Crippen LogP contribution in [0.15, 0.2) is 24.3 Å². The predicted molar refractivity (Wildman–Crippen MR) is 72.0 cm³/mol. The van der Waals surface area contributed by atoms with Crippen LogP contribution in [0.5, 0.6) is 5.75 Å². The van der Waals surface area contributed by atoms with Crippen molar-refractivity contribution in [3.05, 3.63) is 24.3 Å². The van der Waals surface area contributed by atoms with Crippen LogP contribution in [0.25, 0.3) is 0 Å². The summed E-state index contributed by atoms with van der Waals surface area (Å²) in [4.78, 5) is 11.6. The lowest BCUT2D eigenvalue weighted by Gasteiger charge is -2.15. The molecule has 1 aromatic carbocycles. The second-order valence-electron chi connectivity index (χ2n) is 3.97. The number of anilines is 1. The normalized spacial score (nSPS) is 11.9. The van der Waals surface area contributed by atoms with E-state index >= 15 is 0 Å². The number of hydrogen-bond acceptors (Lipinski definition) is 5. The Bertz CT molecular complexity index is 381. The van der Waals surface area contributed by atoms with E-state index in [2.05, 4.69) is 5.32 Å². The fraction of sp³-hybridized carbons (Fsp3) is 0.462. The number of carbonyl (C=O) groups is 1. The van der Waals surface area contributed by atoms with Crippen molar-refractivity contribution in [2.24, 2.45) is 0 Å². The molecule has 19 heavy (non-hydrogen) atoms. The van der Waals surface area contributed by atoms with Crippen LogP contribution in [-0.2, 0) is 14.3 Å². The molecule has 0 saturated heterocycles. The number of methoxy groups -OCH3 is 2. The molecule has 106 valence electrons. The van der Waals surface area contributed by atoms with Crippen LogP contribution >= 0.6 is 0 Å². The van der Waals surface area contributed by atoms with Gasteiger partial charge in [0.15, 0.2) is 6.61 Å². The lowest BCUT2D eigenvalue weighted by atomic mass is 10.3. The summed E-state index contributed by atoms with van der Waals surface area (Å²) in [7, 11) is 3.15. The first-order chi connectivity index (χ1) is 9.15. The molecular weight excluding hydrogens is 248 g/mol. The molecule has 0 fully saturated rings. The number of benzene rings is 1. The summed E-state index contributed by atoms with van der Waals surface area (Å²) < 4.78 is 15.4. The second kappa shape index (κ2) is 8.34. The van der Waals surface area contributed by atoms with Crippen molar-refractivity contribution >= 4 is 11.6 Å². The SMILES string of the molecule is COCC(CNC(=O)COc1ccc(N)cc1)OC. The van der Waals surface area contributed by atoms with Gasteiger partial charge in [0.2, 0.25) is 0 Å². The van der Waals surface area contributed by atoms with E-state index in [9.17, 15) is 4.79 Å². The third-order valence-corrected chi connectivity index (χ3v) is 2.46. The van der Waals surface area contributed by atoms with Gasteiger partial charge < -0.3 is 25.3 Å². The Kier molecular flexibility index (Phi) is 6.70. The minimum Gasteiger partial charge on any atom is -0.484 e. The van der Waals surface area contributed by atoms with Gasteiger partial charge >= 0.3 is 0 Å². The highest BCUT2D eigenvalue weighted by Gasteiger charge is 2.09. The monoisotopic (exact) mass is 268 g/mol. The maximum absolute atomic E-state index is 11.6. The fourth-order valence-electron chi connectivity index (χ4n) is 1.39. The molecule has 0 radical (unpaired) electrons. The zero-order valence-electron chi connectivity index (χ0n) is 11.2. The quantitative estimate of drug-likeness (QED) is 0.668. The van der Waals surface area contributed by atoms with Gasteiger partial charge in [-0.3, -0.25) is 4.79 Å². The smallest absolute Gasteiger partial charge is 0.258 e. The van der Waals surface area contributed by atoms with E-state index in [1.807, 2.05) is 0 Å². The zero-order valence-corrected chi connectivity index (χ0v) is 11.2. The minimum absolute atomic E-state index is 0.0483. The van der Waals surface area contributed by atoms with Gasteiger partial charge in [-0.05, 0) is 24.3 Å². The largest absolute Gasteiger partial charge is 0.484 e. The van der Waals surface area contributed by atoms with Crippen LogP contribution in [0.2, 0.25) is 0 Å². The Morgan fingerprint density at radius 1 is 1.32 bits per heavy atom. The average Bonchev–Trinajstić information content (AvgIpc) is 2.42. The first-order valence-corrected chi connectivity index (χ1v) is 5.92. The van der Waals surface area contributed by atoms with Crippen LogP contribution in [0.4, 0.5) is 5.69 Å². The summed E-state index contributed by atoms with van der Waals surface area (Å²) in [6, 6.07) is 6.86. The Morgan fingerprint density at radius 3 is 2.58 bits per heavy atom. The molecule has 1 aromatic rings. The molecule has 3 N–H and O–H groups in total. The van der Waals surface area contributed by atoms with Crippen molar-refractivity contribution in [1.82, 2.24) is 5.32 Å². The number of rotatable bonds is 8. The van der Waals surface area contributed by atoms with Gasteiger partial charge in [0.05, 0.1) is 12.7 Å². The van der Waals surface area contributed by atoms with Gasteiger partial charge in [-0.2, -0.15) is 0 Å². The lowest BCUT2D eigenvalue weighted by Crippen LogP contribution is -2.37. The Balaban J connectivity index is 2.25. The number of nitrogens with two attached hydrogens (primary N) is 1. The standard InChI is InChI=1S/C13H20N2O4/c1-17-8-12(18-2)7-15-13(16)9-19-11-5-3-10(14)4-6-11/h3-6,12H,7-9,14H2,1-2H3,(H,15,16). The summed E-state index contributed by atoms with van der Waals surface area (Å²) in [5, 5.41) is 2.71. The van der Waals surface area contributed by atoms with Crippen molar-refractivity contribution in [2.75, 3.05) is 39.7 Å². The van der Waals surface area contributed by atoms with E-state index in [0.717, 1.165) is 0 Å². The second-order valence-corrected chi connectivity index (χ2v) is 3.97. The fourth-order valence-corrected chi connectivity index (χ4v) is 1.39. The maximum atomic E-state index is 11.6. The number of nitrogens with one attached hydrogen (secondary N) is 1. The number of carbonyl (C=O) groups excluding carboxylic acids is 1. The molecule has 0 heterocycles. The highest BCUT2D eigenvalue weighted by atomic mass is 16.5. The highest BCUT2D eigenvalue weighted by Crippen LogP contribution is 2.12. The first kappa shape index (κ1) is 15.3. The summed E-state index contributed by atoms with van der Waals surface area (Å²) >= 11 is 0. The van der Waals surface area contributed by atoms with Crippen molar-refractivity contribution in [3.8, 4) is 5.75 Å². The van der Waals surface area contributed by atoms with Gasteiger partial charge in [0, 0.05) is 26.5 Å². The molecule has 1 unspecified atom stereocenters. The topological polar surface area (TPSA) is 82.8 Å². The molecule has 1 amide bonds. The first-order valence-electron chi connectivity index (χ1n) is 5.92. The highest BCUT2D eigenvalue weighted by molar-refractivity contribution is 5.77. The molecule has 0 aliphatic rings. The van der Waals surface area contributed by atoms with Crippen molar-refractivity contribution in [2.45, 2.75) is 6.10 Å². The van der Waals surface area contributed by atoms with E-state index in [4.69, 9.17) is 19.9 Å². The molecule has 6 heteroatoms. The van der Waals surface area contributed by atoms with Gasteiger partial charge in [-0.15, -0.1) is 0 Å². The van der Waals surface area contributed by atoms with E-state index in [-0.39, 0.29) is 18.6 Å². The Labute approximate surface area is 112 Å². The molecule has 1 rings (SSSR count). The Hall–Kier alpha value is -1.79. The average molecular weight is 268 g/mol. The minimum atomic E-state index is -0.213. The third kappa shape index (κ3) is 6.08. The molecule has 0 bridgehead atoms. The van der Waals surface area contributed by atoms with Crippen LogP contribution in [0.3, 0.4) is 0 Å². The van der Waals surface area contributed by atoms with E-state index in [1.165, 1.54) is 0 Å². The van der Waals surface area contributed by atoms with Gasteiger partial charge in [-0.25, -0.2) is 0 Å². The Morgan fingerprint density at radius 2 is 2.00 bits per heavy atom. The molecule has 0 aliphatic carbocycles. The third-order valence-electron chi connectivity index (χ3n) is 2.46. The van der Waals surface area contributed by atoms with Crippen LogP contribution in [0, 0.1) is 0 Å². The van der Waals surface area contributed by atoms with Crippen molar-refractivity contribution in [1.29, 1.82) is 0 Å². The summed E-state index contributed by atoms with van der Waals surface area (Å²) in [5.74, 6) is 0.388. The molecule has 0 aliphatic heterocycles. The predicted octanol–water partition coefficient (Wildman–Crippen LogP) is 0.425. The van der Waals surface area contributed by atoms with Crippen LogP contribution in [-0.4, -0.2) is 46.0 Å². The van der Waals surface area contributed by atoms with E-state index in [1.54, 1.807) is 38.5 Å². The molecule has 0 spiro atoms. The van der Waals surface area contributed by atoms with Crippen molar-refractivity contribution in [3.63, 3.8) is 0 Å². The van der Waals surface area contributed by atoms with Gasteiger partial charge in [0.1, 0.15) is 5.75 Å². The number of hydrogen-bond donors (Lipinski definition) is 2. The van der Waals surface area contributed by atoms with E-state index in [0.29, 0.717) is 24.6 Å². The lowest BCUT2D eigenvalue weighted by molar-refractivity contribution is -0.123. The maximum Gasteiger partial charge on any atom is 0.258 e. The zero-order chi connectivity index (χ0) is 14.1. The molecule has 6 nitrogen and oxygen atoms in total. The molecular formula is C13H20N2O4. The van der Waals surface area contributed by atoms with Gasteiger partial charge in [-0.1, -0.05) is 0 Å². The van der Waals surface area contributed by atoms with Gasteiger partial charge in [0.25, 0.3) is 5.91 Å². The van der Waals surface area contributed by atoms with Crippen LogP contribution < -0.4 is 15.8 Å². The number of ether oxygens (including phenoxy) is 3. The number of amides is 1. The molecule has 0 saturated carbocycles. The number of nitrogen functional groups attached to an aromatic ring is 1. The van der Waals surface area contributed by atoms with E-state index < -0.39 is 0 Å². The summed E-state index contributed by atoms with van der Waals surface area (Å²) in [5.41, 5.74) is 6.20. The van der Waals surface area contributed by atoms with Crippen molar-refractivity contribution < 1.29 is 19.0 Å². The van der Waals surface area contributed by atoms with Crippen LogP contribution in [0.1, 0.15) is 0 Å².